The number of hydrogen-bond donors (Lipinski definition) is 1. The van der Waals surface area contributed by atoms with Crippen LogP contribution in [0.25, 0.3) is 0 Å². The van der Waals surface area contributed by atoms with E-state index in [0.29, 0.717) is 23.3 Å². The zero-order chi connectivity index (χ0) is 20.1. The summed E-state index contributed by atoms with van der Waals surface area (Å²) in [6, 6.07) is 7.84. The van der Waals surface area contributed by atoms with E-state index in [2.05, 4.69) is 5.32 Å². The lowest BCUT2D eigenvalue weighted by Crippen LogP contribution is -2.33. The van der Waals surface area contributed by atoms with Gasteiger partial charge >= 0.3 is 6.18 Å². The molecule has 1 N–H and O–H groups in total. The van der Waals surface area contributed by atoms with E-state index in [1.165, 1.54) is 25.3 Å². The summed E-state index contributed by atoms with van der Waals surface area (Å²) in [5.41, 5.74) is -0.817. The summed E-state index contributed by atoms with van der Waals surface area (Å²) in [6.45, 7) is 2.19. The quantitative estimate of drug-likeness (QED) is 0.672. The molecule has 3 rings (SSSR count). The molecule has 0 bridgehead atoms. The Balaban J connectivity index is 1.87. The number of nitrogens with one attached hydrogen (secondary N) is 1. The van der Waals surface area contributed by atoms with Crippen molar-refractivity contribution in [3.05, 3.63) is 47.0 Å². The van der Waals surface area contributed by atoms with E-state index in [4.69, 9.17) is 25.8 Å². The number of rotatable bonds is 6. The van der Waals surface area contributed by atoms with E-state index in [1.54, 1.807) is 6.07 Å². The zero-order valence-corrected chi connectivity index (χ0v) is 16.1. The first-order valence-electron chi connectivity index (χ1n) is 8.93. The molecule has 1 heterocycles. The monoisotopic (exact) mass is 415 g/mol. The highest BCUT2D eigenvalue weighted by Gasteiger charge is 2.32. The molecule has 1 aliphatic heterocycles. The third kappa shape index (κ3) is 5.23. The van der Waals surface area contributed by atoms with Crippen LogP contribution in [0.5, 0.6) is 23.0 Å². The fourth-order valence-electron chi connectivity index (χ4n) is 3.00. The molecule has 1 atom stereocenters. The SMILES string of the molecule is COc1cc(Cl)ccc1Oc1cc(C(F)(F)F)ccc1OCC1CCCNC1. The topological polar surface area (TPSA) is 39.7 Å². The highest BCUT2D eigenvalue weighted by atomic mass is 35.5. The largest absolute Gasteiger partial charge is 0.493 e. The Morgan fingerprint density at radius 1 is 1.07 bits per heavy atom. The standard InChI is InChI=1S/C20H21ClF3NO3/c1-26-18-10-15(21)5-7-17(18)28-19-9-14(20(22,23)24)4-6-16(19)27-12-13-3-2-8-25-11-13/h4-7,9-10,13,25H,2-3,8,11-12H2,1H3. The summed E-state index contributed by atoms with van der Waals surface area (Å²) >= 11 is 5.94. The molecule has 152 valence electrons. The van der Waals surface area contributed by atoms with Crippen molar-refractivity contribution in [2.24, 2.45) is 5.92 Å². The van der Waals surface area contributed by atoms with E-state index >= 15 is 0 Å². The van der Waals surface area contributed by atoms with Crippen molar-refractivity contribution in [3.63, 3.8) is 0 Å². The Kier molecular flexibility index (Phi) is 6.57. The second-order valence-corrected chi connectivity index (χ2v) is 7.02. The van der Waals surface area contributed by atoms with E-state index in [1.807, 2.05) is 0 Å². The maximum Gasteiger partial charge on any atom is 0.416 e. The molecule has 0 aromatic heterocycles. The van der Waals surface area contributed by atoms with Gasteiger partial charge in [0.1, 0.15) is 0 Å². The van der Waals surface area contributed by atoms with Crippen molar-refractivity contribution in [2.75, 3.05) is 26.8 Å². The van der Waals surface area contributed by atoms with Crippen molar-refractivity contribution in [3.8, 4) is 23.0 Å². The number of methoxy groups -OCH3 is 1. The zero-order valence-electron chi connectivity index (χ0n) is 15.3. The molecule has 1 fully saturated rings. The summed E-state index contributed by atoms with van der Waals surface area (Å²) in [5.74, 6) is 1.08. The number of ether oxygens (including phenoxy) is 3. The number of alkyl halides is 3. The van der Waals surface area contributed by atoms with Gasteiger partial charge in [-0.1, -0.05) is 11.6 Å². The molecule has 0 radical (unpaired) electrons. The summed E-state index contributed by atoms with van der Waals surface area (Å²) < 4.78 is 56.3. The van der Waals surface area contributed by atoms with E-state index < -0.39 is 11.7 Å². The van der Waals surface area contributed by atoms with Crippen LogP contribution in [-0.4, -0.2) is 26.8 Å². The average Bonchev–Trinajstić information content (AvgIpc) is 2.68. The van der Waals surface area contributed by atoms with Gasteiger partial charge in [-0.15, -0.1) is 0 Å². The summed E-state index contributed by atoms with van der Waals surface area (Å²) in [5, 5.41) is 3.71. The van der Waals surface area contributed by atoms with E-state index in [0.717, 1.165) is 38.1 Å². The van der Waals surface area contributed by atoms with Gasteiger partial charge in [-0.2, -0.15) is 13.2 Å². The maximum atomic E-state index is 13.2. The summed E-state index contributed by atoms with van der Waals surface area (Å²) in [7, 11) is 1.43. The van der Waals surface area contributed by atoms with Crippen LogP contribution in [0.15, 0.2) is 36.4 Å². The Bertz CT molecular complexity index is 808. The lowest BCUT2D eigenvalue weighted by molar-refractivity contribution is -0.137. The molecule has 0 spiro atoms. The molecule has 2 aromatic rings. The highest BCUT2D eigenvalue weighted by Crippen LogP contribution is 2.41. The molecule has 0 saturated carbocycles. The fourth-order valence-corrected chi connectivity index (χ4v) is 3.16. The van der Waals surface area contributed by atoms with Gasteiger partial charge in [0.2, 0.25) is 0 Å². The lowest BCUT2D eigenvalue weighted by Gasteiger charge is -2.23. The number of hydrogen-bond acceptors (Lipinski definition) is 4. The molecule has 8 heteroatoms. The lowest BCUT2D eigenvalue weighted by atomic mass is 10.0. The molecular weight excluding hydrogens is 395 g/mol. The van der Waals surface area contributed by atoms with Gasteiger partial charge < -0.3 is 19.5 Å². The molecule has 1 saturated heterocycles. The van der Waals surface area contributed by atoms with Crippen LogP contribution in [0, 0.1) is 5.92 Å². The van der Waals surface area contributed by atoms with Crippen LogP contribution in [0.2, 0.25) is 5.02 Å². The Morgan fingerprint density at radius 3 is 2.54 bits per heavy atom. The minimum absolute atomic E-state index is 0.0285. The molecule has 0 amide bonds. The minimum atomic E-state index is -4.49. The van der Waals surface area contributed by atoms with E-state index in [9.17, 15) is 13.2 Å². The Morgan fingerprint density at radius 2 is 1.86 bits per heavy atom. The van der Waals surface area contributed by atoms with Crippen LogP contribution in [0.4, 0.5) is 13.2 Å². The van der Waals surface area contributed by atoms with Crippen molar-refractivity contribution in [2.45, 2.75) is 19.0 Å². The Labute approximate surface area is 166 Å². The molecular formula is C20H21ClF3NO3. The molecule has 28 heavy (non-hydrogen) atoms. The first-order valence-corrected chi connectivity index (χ1v) is 9.31. The summed E-state index contributed by atoms with van der Waals surface area (Å²) in [4.78, 5) is 0. The third-order valence-electron chi connectivity index (χ3n) is 4.49. The van der Waals surface area contributed by atoms with Gasteiger partial charge in [0.05, 0.1) is 19.3 Å². The van der Waals surface area contributed by atoms with E-state index in [-0.39, 0.29) is 17.2 Å². The number of piperidine rings is 1. The van der Waals surface area contributed by atoms with Crippen molar-refractivity contribution in [1.82, 2.24) is 5.32 Å². The van der Waals surface area contributed by atoms with Gasteiger partial charge in [-0.25, -0.2) is 0 Å². The van der Waals surface area contributed by atoms with Crippen LogP contribution < -0.4 is 19.5 Å². The average molecular weight is 416 g/mol. The molecule has 1 unspecified atom stereocenters. The second kappa shape index (κ2) is 8.92. The van der Waals surface area contributed by atoms with Crippen LogP contribution in [-0.2, 0) is 6.18 Å². The molecule has 0 aliphatic carbocycles. The highest BCUT2D eigenvalue weighted by molar-refractivity contribution is 6.30. The minimum Gasteiger partial charge on any atom is -0.493 e. The van der Waals surface area contributed by atoms with Crippen LogP contribution in [0.1, 0.15) is 18.4 Å². The fraction of sp³-hybridized carbons (Fsp3) is 0.400. The smallest absolute Gasteiger partial charge is 0.416 e. The molecule has 1 aliphatic rings. The molecule has 4 nitrogen and oxygen atoms in total. The number of benzene rings is 2. The van der Waals surface area contributed by atoms with Gasteiger partial charge in [-0.3, -0.25) is 0 Å². The normalized spacial score (nSPS) is 17.2. The summed E-state index contributed by atoms with van der Waals surface area (Å²) in [6.07, 6.45) is -2.44. The van der Waals surface area contributed by atoms with Crippen LogP contribution >= 0.6 is 11.6 Å². The van der Waals surface area contributed by atoms with Gasteiger partial charge in [0.15, 0.2) is 23.0 Å². The van der Waals surface area contributed by atoms with Gasteiger partial charge in [-0.05, 0) is 49.7 Å². The molecule has 2 aromatic carbocycles. The van der Waals surface area contributed by atoms with Crippen LogP contribution in [0.3, 0.4) is 0 Å². The predicted octanol–water partition coefficient (Wildman–Crippen LogP) is 5.54. The first kappa shape index (κ1) is 20.6. The second-order valence-electron chi connectivity index (χ2n) is 6.58. The van der Waals surface area contributed by atoms with Gasteiger partial charge in [0, 0.05) is 23.6 Å². The van der Waals surface area contributed by atoms with Crippen molar-refractivity contribution in [1.29, 1.82) is 0 Å². The Hall–Kier alpha value is -2.12. The third-order valence-corrected chi connectivity index (χ3v) is 4.73. The number of halogens is 4. The first-order chi connectivity index (χ1) is 13.4. The predicted molar refractivity (Wildman–Crippen MR) is 101 cm³/mol. The van der Waals surface area contributed by atoms with Crippen molar-refractivity contribution >= 4 is 11.6 Å². The van der Waals surface area contributed by atoms with Crippen molar-refractivity contribution < 1.29 is 27.4 Å². The maximum absolute atomic E-state index is 13.2. The van der Waals surface area contributed by atoms with Gasteiger partial charge in [0.25, 0.3) is 0 Å².